The molecule has 0 fully saturated rings. The van der Waals surface area contributed by atoms with Crippen molar-refractivity contribution in [3.05, 3.63) is 59.0 Å². The Balaban J connectivity index is 1.69. The van der Waals surface area contributed by atoms with E-state index >= 15 is 0 Å². The molecule has 2 aromatic carbocycles. The number of anilines is 1. The Labute approximate surface area is 130 Å². The van der Waals surface area contributed by atoms with Crippen LogP contribution in [0.4, 0.5) is 5.95 Å². The molecule has 22 heavy (non-hydrogen) atoms. The van der Waals surface area contributed by atoms with Gasteiger partial charge in [0.05, 0.1) is 15.9 Å². The molecular weight excluding hydrogens is 294 g/mol. The minimum atomic E-state index is -0.127. The first-order valence-electron chi connectivity index (χ1n) is 6.96. The lowest BCUT2D eigenvalue weighted by atomic mass is 10.1. The average molecular weight is 307 g/mol. The van der Waals surface area contributed by atoms with Crippen LogP contribution in [0.2, 0.25) is 0 Å². The lowest BCUT2D eigenvalue weighted by molar-refractivity contribution is 0.102. The van der Waals surface area contributed by atoms with Crippen LogP contribution in [-0.4, -0.2) is 15.9 Å². The van der Waals surface area contributed by atoms with Gasteiger partial charge in [0.15, 0.2) is 0 Å². The normalized spacial score (nSPS) is 11.1. The maximum absolute atomic E-state index is 12.5. The minimum Gasteiger partial charge on any atom is -0.324 e. The lowest BCUT2D eigenvalue weighted by Crippen LogP contribution is -2.12. The van der Waals surface area contributed by atoms with Crippen LogP contribution in [0, 0.1) is 6.92 Å². The van der Waals surface area contributed by atoms with Gasteiger partial charge in [-0.05, 0) is 36.1 Å². The van der Waals surface area contributed by atoms with Crippen LogP contribution in [0.5, 0.6) is 0 Å². The smallest absolute Gasteiger partial charge is 0.268 e. The Morgan fingerprint density at radius 3 is 2.73 bits per heavy atom. The highest BCUT2D eigenvalue weighted by Gasteiger charge is 2.16. The zero-order valence-corrected chi connectivity index (χ0v) is 12.7. The molecule has 0 aliphatic rings. The molecule has 0 saturated heterocycles. The fourth-order valence-corrected chi connectivity index (χ4v) is 3.67. The molecule has 0 aliphatic carbocycles. The standard InChI is InChI=1S/C17H13N3OS/c1-10-11-6-2-5-9-14(11)22-15(10)16(21)20-17-18-12-7-3-4-8-13(12)19-17/h2-9H,1H3,(H2,18,19,20,21). The second-order valence-corrected chi connectivity index (χ2v) is 6.16. The summed E-state index contributed by atoms with van der Waals surface area (Å²) < 4.78 is 1.12. The number of para-hydroxylation sites is 2. The molecule has 0 radical (unpaired) electrons. The van der Waals surface area contributed by atoms with Gasteiger partial charge in [-0.1, -0.05) is 30.3 Å². The zero-order valence-electron chi connectivity index (χ0n) is 11.9. The summed E-state index contributed by atoms with van der Waals surface area (Å²) in [5.41, 5.74) is 2.76. The molecule has 0 atom stereocenters. The number of aromatic nitrogens is 2. The monoisotopic (exact) mass is 307 g/mol. The van der Waals surface area contributed by atoms with Crippen LogP contribution in [0.15, 0.2) is 48.5 Å². The Kier molecular flexibility index (Phi) is 2.94. The molecule has 4 rings (SSSR count). The van der Waals surface area contributed by atoms with Crippen LogP contribution in [0.1, 0.15) is 15.2 Å². The van der Waals surface area contributed by atoms with E-state index in [1.54, 1.807) is 0 Å². The summed E-state index contributed by atoms with van der Waals surface area (Å²) in [4.78, 5) is 20.7. The first-order valence-corrected chi connectivity index (χ1v) is 7.78. The van der Waals surface area contributed by atoms with Gasteiger partial charge in [0.2, 0.25) is 5.95 Å². The van der Waals surface area contributed by atoms with E-state index in [4.69, 9.17) is 0 Å². The molecule has 0 saturated carbocycles. The SMILES string of the molecule is Cc1c(C(=O)Nc2nc3ccccc3[nH]2)sc2ccccc12. The van der Waals surface area contributed by atoms with Crippen molar-refractivity contribution in [3.8, 4) is 0 Å². The second-order valence-electron chi connectivity index (χ2n) is 5.11. The van der Waals surface area contributed by atoms with E-state index in [2.05, 4.69) is 15.3 Å². The summed E-state index contributed by atoms with van der Waals surface area (Å²) in [5, 5.41) is 3.98. The van der Waals surface area contributed by atoms with E-state index in [1.165, 1.54) is 11.3 Å². The number of fused-ring (bicyclic) bond motifs is 2. The van der Waals surface area contributed by atoms with Crippen molar-refractivity contribution in [1.29, 1.82) is 0 Å². The third kappa shape index (κ3) is 2.07. The number of imidazole rings is 1. The maximum atomic E-state index is 12.5. The summed E-state index contributed by atoms with van der Waals surface area (Å²) in [6, 6.07) is 15.7. The summed E-state index contributed by atoms with van der Waals surface area (Å²) in [5.74, 6) is 0.348. The van der Waals surface area contributed by atoms with E-state index in [1.807, 2.05) is 55.5 Å². The van der Waals surface area contributed by atoms with Crippen LogP contribution < -0.4 is 5.32 Å². The molecule has 108 valence electrons. The van der Waals surface area contributed by atoms with E-state index in [0.717, 1.165) is 31.6 Å². The summed E-state index contributed by atoms with van der Waals surface area (Å²) in [6.45, 7) is 1.98. The number of aryl methyl sites for hydroxylation is 1. The summed E-state index contributed by atoms with van der Waals surface area (Å²) in [7, 11) is 0. The van der Waals surface area contributed by atoms with Gasteiger partial charge in [-0.25, -0.2) is 4.98 Å². The van der Waals surface area contributed by atoms with Crippen LogP contribution >= 0.6 is 11.3 Å². The molecule has 2 aromatic heterocycles. The number of hydrogen-bond acceptors (Lipinski definition) is 3. The number of amides is 1. The topological polar surface area (TPSA) is 57.8 Å². The average Bonchev–Trinajstić information content (AvgIpc) is 3.08. The van der Waals surface area contributed by atoms with E-state index in [0.29, 0.717) is 5.95 Å². The number of rotatable bonds is 2. The van der Waals surface area contributed by atoms with Crippen molar-refractivity contribution in [2.45, 2.75) is 6.92 Å². The first-order chi connectivity index (χ1) is 10.7. The van der Waals surface area contributed by atoms with E-state index in [-0.39, 0.29) is 5.91 Å². The quantitative estimate of drug-likeness (QED) is 0.579. The molecule has 2 heterocycles. The number of carbonyl (C=O) groups is 1. The van der Waals surface area contributed by atoms with Crippen molar-refractivity contribution in [3.63, 3.8) is 0 Å². The maximum Gasteiger partial charge on any atom is 0.268 e. The Hall–Kier alpha value is -2.66. The van der Waals surface area contributed by atoms with Gasteiger partial charge in [-0.3, -0.25) is 10.1 Å². The highest BCUT2D eigenvalue weighted by Crippen LogP contribution is 2.31. The third-order valence-corrected chi connectivity index (χ3v) is 4.94. The van der Waals surface area contributed by atoms with Gasteiger partial charge in [-0.15, -0.1) is 11.3 Å². The number of nitrogens with one attached hydrogen (secondary N) is 2. The molecule has 5 heteroatoms. The predicted octanol–water partition coefficient (Wildman–Crippen LogP) is 4.34. The fourth-order valence-electron chi connectivity index (χ4n) is 2.57. The Morgan fingerprint density at radius 2 is 1.91 bits per heavy atom. The van der Waals surface area contributed by atoms with E-state index < -0.39 is 0 Å². The molecule has 2 N–H and O–H groups in total. The number of H-pyrrole nitrogens is 1. The van der Waals surface area contributed by atoms with Gasteiger partial charge >= 0.3 is 0 Å². The van der Waals surface area contributed by atoms with Crippen LogP contribution in [0.25, 0.3) is 21.1 Å². The molecule has 0 aliphatic heterocycles. The van der Waals surface area contributed by atoms with Crippen molar-refractivity contribution < 1.29 is 4.79 Å². The lowest BCUT2D eigenvalue weighted by Gasteiger charge is -2.00. The number of nitrogens with zero attached hydrogens (tertiary/aromatic N) is 1. The van der Waals surface area contributed by atoms with Crippen molar-refractivity contribution in [2.24, 2.45) is 0 Å². The minimum absolute atomic E-state index is 0.127. The van der Waals surface area contributed by atoms with Crippen molar-refractivity contribution in [1.82, 2.24) is 9.97 Å². The van der Waals surface area contributed by atoms with Crippen molar-refractivity contribution in [2.75, 3.05) is 5.32 Å². The molecule has 4 nitrogen and oxygen atoms in total. The molecule has 0 unspecified atom stereocenters. The van der Waals surface area contributed by atoms with Crippen LogP contribution in [0.3, 0.4) is 0 Å². The number of thiophene rings is 1. The molecule has 4 aromatic rings. The molecule has 0 bridgehead atoms. The highest BCUT2D eigenvalue weighted by atomic mass is 32.1. The predicted molar refractivity (Wildman–Crippen MR) is 90.6 cm³/mol. The zero-order chi connectivity index (χ0) is 15.1. The fraction of sp³-hybridized carbons (Fsp3) is 0.0588. The van der Waals surface area contributed by atoms with Gasteiger partial charge in [0, 0.05) is 4.70 Å². The number of hydrogen-bond donors (Lipinski definition) is 2. The third-order valence-electron chi connectivity index (χ3n) is 3.67. The Bertz CT molecular complexity index is 966. The molecular formula is C17H13N3OS. The van der Waals surface area contributed by atoms with Gasteiger partial charge in [-0.2, -0.15) is 0 Å². The van der Waals surface area contributed by atoms with Crippen LogP contribution in [-0.2, 0) is 0 Å². The van der Waals surface area contributed by atoms with Gasteiger partial charge < -0.3 is 4.98 Å². The van der Waals surface area contributed by atoms with Gasteiger partial charge in [0.1, 0.15) is 0 Å². The largest absolute Gasteiger partial charge is 0.324 e. The molecule has 1 amide bonds. The number of carbonyl (C=O) groups excluding carboxylic acids is 1. The first kappa shape index (κ1) is 13.0. The Morgan fingerprint density at radius 1 is 1.14 bits per heavy atom. The molecule has 0 spiro atoms. The second kappa shape index (κ2) is 4.96. The van der Waals surface area contributed by atoms with E-state index in [9.17, 15) is 4.79 Å². The number of aromatic amines is 1. The number of benzene rings is 2. The van der Waals surface area contributed by atoms with Gasteiger partial charge in [0.25, 0.3) is 5.91 Å². The highest BCUT2D eigenvalue weighted by molar-refractivity contribution is 7.21. The van der Waals surface area contributed by atoms with Crippen molar-refractivity contribution >= 4 is 44.3 Å². The summed E-state index contributed by atoms with van der Waals surface area (Å²) >= 11 is 1.50. The summed E-state index contributed by atoms with van der Waals surface area (Å²) in [6.07, 6.45) is 0.